The number of hydrogen-bond acceptors (Lipinski definition) is 4. The fourth-order valence-electron chi connectivity index (χ4n) is 5.03. The van der Waals surface area contributed by atoms with Crippen LogP contribution in [0, 0.1) is 0 Å². The zero-order valence-corrected chi connectivity index (χ0v) is 19.1. The predicted octanol–water partition coefficient (Wildman–Crippen LogP) is 4.37. The van der Waals surface area contributed by atoms with Crippen LogP contribution in [0.5, 0.6) is 0 Å². The van der Waals surface area contributed by atoms with Crippen molar-refractivity contribution in [3.8, 4) is 11.1 Å². The van der Waals surface area contributed by atoms with Gasteiger partial charge in [-0.25, -0.2) is 9.59 Å². The molecule has 1 saturated carbocycles. The number of carbonyl (C=O) groups is 3. The Morgan fingerprint density at radius 1 is 1.06 bits per heavy atom. The highest BCUT2D eigenvalue weighted by Crippen LogP contribution is 2.44. The van der Waals surface area contributed by atoms with Gasteiger partial charge in [-0.3, -0.25) is 4.79 Å². The molecular formula is C27H30N2O5. The molecule has 1 fully saturated rings. The number of benzene rings is 2. The molecule has 4 rings (SSSR count). The molecule has 3 N–H and O–H groups in total. The summed E-state index contributed by atoms with van der Waals surface area (Å²) in [5, 5.41) is 15.0. The molecule has 1 unspecified atom stereocenters. The Labute approximate surface area is 199 Å². The van der Waals surface area contributed by atoms with Gasteiger partial charge in [-0.05, 0) is 47.9 Å². The molecule has 0 radical (unpaired) electrons. The van der Waals surface area contributed by atoms with E-state index in [9.17, 15) is 19.5 Å². The number of carboxylic acid groups (broad SMARTS) is 1. The second-order valence-electron chi connectivity index (χ2n) is 8.97. The Hall–Kier alpha value is -3.61. The van der Waals surface area contributed by atoms with Gasteiger partial charge >= 0.3 is 12.1 Å². The highest BCUT2D eigenvalue weighted by Gasteiger charge is 2.43. The van der Waals surface area contributed by atoms with Crippen LogP contribution < -0.4 is 10.6 Å². The fourth-order valence-corrected chi connectivity index (χ4v) is 5.03. The molecule has 0 bridgehead atoms. The van der Waals surface area contributed by atoms with Crippen LogP contribution in [-0.4, -0.2) is 41.3 Å². The fraction of sp³-hybridized carbons (Fsp3) is 0.370. The van der Waals surface area contributed by atoms with E-state index >= 15 is 0 Å². The summed E-state index contributed by atoms with van der Waals surface area (Å²) in [6, 6.07) is 15.2. The molecule has 0 spiro atoms. The van der Waals surface area contributed by atoms with Crippen LogP contribution in [-0.2, 0) is 14.3 Å². The molecule has 2 aliphatic rings. The van der Waals surface area contributed by atoms with Gasteiger partial charge in [0.15, 0.2) is 0 Å². The second kappa shape index (κ2) is 10.1. The summed E-state index contributed by atoms with van der Waals surface area (Å²) >= 11 is 0. The zero-order valence-electron chi connectivity index (χ0n) is 19.1. The Balaban J connectivity index is 1.42. The third-order valence-corrected chi connectivity index (χ3v) is 6.84. The standard InChI is InChI=1S/C27H30N2O5/c1-2-3-14-23(24(30)29-27(25(31)32)15-8-9-16-27)28-26(33)34-17-22-20-12-6-4-10-18(20)19-11-5-7-13-21(19)22/h2,4-7,10-13,22-23H,1,3,8-9,14-17H2,(H,28,33)(H,29,30)(H,31,32). The average Bonchev–Trinajstić information content (AvgIpc) is 3.44. The molecule has 2 aromatic rings. The first-order valence-electron chi connectivity index (χ1n) is 11.7. The Morgan fingerprint density at radius 2 is 1.65 bits per heavy atom. The third-order valence-electron chi connectivity index (χ3n) is 6.84. The van der Waals surface area contributed by atoms with E-state index in [0.29, 0.717) is 25.7 Å². The highest BCUT2D eigenvalue weighted by atomic mass is 16.5. The van der Waals surface area contributed by atoms with Crippen LogP contribution in [0.25, 0.3) is 11.1 Å². The largest absolute Gasteiger partial charge is 0.480 e. The van der Waals surface area contributed by atoms with Gasteiger partial charge in [-0.1, -0.05) is 67.4 Å². The lowest BCUT2D eigenvalue weighted by Crippen LogP contribution is -2.58. The van der Waals surface area contributed by atoms with Gasteiger partial charge < -0.3 is 20.5 Å². The number of nitrogens with one attached hydrogen (secondary N) is 2. The van der Waals surface area contributed by atoms with E-state index in [1.165, 1.54) is 0 Å². The molecule has 7 nitrogen and oxygen atoms in total. The lowest BCUT2D eigenvalue weighted by molar-refractivity contribution is -0.147. The Kier molecular flexibility index (Phi) is 7.01. The number of amides is 2. The molecular weight excluding hydrogens is 432 g/mol. The van der Waals surface area contributed by atoms with Crippen LogP contribution in [0.3, 0.4) is 0 Å². The van der Waals surface area contributed by atoms with Gasteiger partial charge in [-0.15, -0.1) is 6.58 Å². The average molecular weight is 463 g/mol. The van der Waals surface area contributed by atoms with E-state index < -0.39 is 29.6 Å². The van der Waals surface area contributed by atoms with Gasteiger partial charge in [0.1, 0.15) is 18.2 Å². The minimum atomic E-state index is -1.27. The molecule has 178 valence electrons. The molecule has 34 heavy (non-hydrogen) atoms. The molecule has 0 saturated heterocycles. The van der Waals surface area contributed by atoms with Crippen molar-refractivity contribution < 1.29 is 24.2 Å². The number of carboxylic acids is 1. The van der Waals surface area contributed by atoms with E-state index in [0.717, 1.165) is 35.1 Å². The number of rotatable bonds is 9. The maximum absolute atomic E-state index is 13.0. The van der Waals surface area contributed by atoms with Gasteiger partial charge in [0.2, 0.25) is 5.91 Å². The molecule has 2 aromatic carbocycles. The number of aliphatic carboxylic acids is 1. The summed E-state index contributed by atoms with van der Waals surface area (Å²) in [6.45, 7) is 3.81. The van der Waals surface area contributed by atoms with Crippen LogP contribution in [0.15, 0.2) is 61.2 Å². The van der Waals surface area contributed by atoms with E-state index in [1.54, 1.807) is 6.08 Å². The summed E-state index contributed by atoms with van der Waals surface area (Å²) in [6.07, 6.45) is 3.98. The smallest absolute Gasteiger partial charge is 0.407 e. The SMILES string of the molecule is C=CCCC(NC(=O)OCC1c2ccccc2-c2ccccc21)C(=O)NC1(C(=O)O)CCCC1. The quantitative estimate of drug-likeness (QED) is 0.480. The maximum atomic E-state index is 13.0. The first kappa shape index (κ1) is 23.5. The van der Waals surface area contributed by atoms with Crippen LogP contribution >= 0.6 is 0 Å². The van der Waals surface area contributed by atoms with Crippen molar-refractivity contribution in [2.75, 3.05) is 6.61 Å². The van der Waals surface area contributed by atoms with E-state index in [1.807, 2.05) is 36.4 Å². The molecule has 7 heteroatoms. The van der Waals surface area contributed by atoms with Gasteiger partial charge in [-0.2, -0.15) is 0 Å². The number of fused-ring (bicyclic) bond motifs is 3. The van der Waals surface area contributed by atoms with Gasteiger partial charge in [0.25, 0.3) is 0 Å². The number of alkyl carbamates (subject to hydrolysis) is 1. The van der Waals surface area contributed by atoms with Crippen molar-refractivity contribution in [3.05, 3.63) is 72.3 Å². The minimum absolute atomic E-state index is 0.0904. The van der Waals surface area contributed by atoms with Crippen LogP contribution in [0.2, 0.25) is 0 Å². The van der Waals surface area contributed by atoms with Crippen molar-refractivity contribution in [3.63, 3.8) is 0 Å². The summed E-state index contributed by atoms with van der Waals surface area (Å²) in [4.78, 5) is 37.5. The molecule has 2 amide bonds. The van der Waals surface area contributed by atoms with Crippen molar-refractivity contribution in [2.45, 2.75) is 56.0 Å². The number of allylic oxidation sites excluding steroid dienone is 1. The van der Waals surface area contributed by atoms with Crippen molar-refractivity contribution in [1.82, 2.24) is 10.6 Å². The first-order valence-corrected chi connectivity index (χ1v) is 11.7. The molecule has 0 aliphatic heterocycles. The number of ether oxygens (including phenoxy) is 1. The maximum Gasteiger partial charge on any atom is 0.407 e. The molecule has 0 aromatic heterocycles. The minimum Gasteiger partial charge on any atom is -0.480 e. The van der Waals surface area contributed by atoms with E-state index in [2.05, 4.69) is 29.3 Å². The normalized spacial score (nSPS) is 16.7. The van der Waals surface area contributed by atoms with Crippen LogP contribution in [0.1, 0.15) is 55.6 Å². The van der Waals surface area contributed by atoms with Gasteiger partial charge in [0.05, 0.1) is 0 Å². The predicted molar refractivity (Wildman–Crippen MR) is 128 cm³/mol. The summed E-state index contributed by atoms with van der Waals surface area (Å²) in [5.41, 5.74) is 3.19. The van der Waals surface area contributed by atoms with E-state index in [4.69, 9.17) is 4.74 Å². The van der Waals surface area contributed by atoms with Crippen molar-refractivity contribution >= 4 is 18.0 Å². The monoisotopic (exact) mass is 462 g/mol. The highest BCUT2D eigenvalue weighted by molar-refractivity contribution is 5.91. The van der Waals surface area contributed by atoms with Crippen molar-refractivity contribution in [2.24, 2.45) is 0 Å². The summed E-state index contributed by atoms with van der Waals surface area (Å²) < 4.78 is 5.57. The third kappa shape index (κ3) is 4.69. The topological polar surface area (TPSA) is 105 Å². The summed E-state index contributed by atoms with van der Waals surface area (Å²) in [5.74, 6) is -1.64. The van der Waals surface area contributed by atoms with Gasteiger partial charge in [0, 0.05) is 5.92 Å². The molecule has 1 atom stereocenters. The molecule has 2 aliphatic carbocycles. The Bertz CT molecular complexity index is 1040. The first-order chi connectivity index (χ1) is 16.4. The number of carbonyl (C=O) groups excluding carboxylic acids is 2. The van der Waals surface area contributed by atoms with Crippen molar-refractivity contribution in [1.29, 1.82) is 0 Å². The zero-order chi connectivity index (χ0) is 24.1. The lowest BCUT2D eigenvalue weighted by Gasteiger charge is -2.28. The second-order valence-corrected chi connectivity index (χ2v) is 8.97. The lowest BCUT2D eigenvalue weighted by atomic mass is 9.96. The summed E-state index contributed by atoms with van der Waals surface area (Å²) in [7, 11) is 0. The van der Waals surface area contributed by atoms with Crippen LogP contribution in [0.4, 0.5) is 4.79 Å². The molecule has 0 heterocycles. The number of hydrogen-bond donors (Lipinski definition) is 3. The van der Waals surface area contributed by atoms with E-state index in [-0.39, 0.29) is 12.5 Å². The Morgan fingerprint density at radius 3 is 2.21 bits per heavy atom.